The minimum Gasteiger partial charge on any atom is -0.496 e. The van der Waals surface area contributed by atoms with Crippen molar-refractivity contribution in [3.05, 3.63) is 23.3 Å². The van der Waals surface area contributed by atoms with Crippen LogP contribution in [-0.2, 0) is 20.7 Å². The van der Waals surface area contributed by atoms with E-state index in [1.165, 1.54) is 13.8 Å². The monoisotopic (exact) mass is 266 g/mol. The van der Waals surface area contributed by atoms with E-state index in [1.54, 1.807) is 19.2 Å². The van der Waals surface area contributed by atoms with Crippen LogP contribution in [0.3, 0.4) is 0 Å². The molecule has 1 aromatic rings. The van der Waals surface area contributed by atoms with E-state index in [9.17, 15) is 9.59 Å². The first kappa shape index (κ1) is 15.0. The molecule has 0 aliphatic rings. The number of aryl methyl sites for hydroxylation is 1. The summed E-state index contributed by atoms with van der Waals surface area (Å²) >= 11 is 0. The van der Waals surface area contributed by atoms with E-state index in [0.717, 1.165) is 11.1 Å². The van der Waals surface area contributed by atoms with Gasteiger partial charge in [0.1, 0.15) is 11.5 Å². The number of carbonyl (C=O) groups is 2. The second-order valence-electron chi connectivity index (χ2n) is 4.11. The summed E-state index contributed by atoms with van der Waals surface area (Å²) in [7, 11) is 1.57. The van der Waals surface area contributed by atoms with E-state index in [-0.39, 0.29) is 12.6 Å². The van der Waals surface area contributed by atoms with Crippen LogP contribution >= 0.6 is 0 Å². The molecule has 0 atom stereocenters. The van der Waals surface area contributed by atoms with Crippen LogP contribution in [0.4, 0.5) is 0 Å². The number of rotatable bonds is 5. The lowest BCUT2D eigenvalue weighted by Gasteiger charge is -2.13. The highest BCUT2D eigenvalue weighted by atomic mass is 16.5. The topological polar surface area (TPSA) is 61.8 Å². The molecule has 0 aliphatic heterocycles. The van der Waals surface area contributed by atoms with E-state index in [2.05, 4.69) is 0 Å². The summed E-state index contributed by atoms with van der Waals surface area (Å²) in [5.41, 5.74) is 1.63. The first-order chi connectivity index (χ1) is 8.93. The quantitative estimate of drug-likeness (QED) is 0.603. The number of esters is 2. The van der Waals surface area contributed by atoms with Crippen LogP contribution in [0.1, 0.15) is 25.0 Å². The summed E-state index contributed by atoms with van der Waals surface area (Å²) < 4.78 is 15.3. The molecule has 0 unspecified atom stereocenters. The van der Waals surface area contributed by atoms with Gasteiger partial charge in [-0.2, -0.15) is 0 Å². The van der Waals surface area contributed by atoms with Crippen molar-refractivity contribution in [1.29, 1.82) is 0 Å². The van der Waals surface area contributed by atoms with Crippen LogP contribution in [-0.4, -0.2) is 25.7 Å². The Morgan fingerprint density at radius 3 is 2.32 bits per heavy atom. The molecule has 1 aromatic carbocycles. The highest BCUT2D eigenvalue weighted by Crippen LogP contribution is 2.29. The van der Waals surface area contributed by atoms with Gasteiger partial charge in [-0.1, -0.05) is 0 Å². The van der Waals surface area contributed by atoms with Crippen molar-refractivity contribution < 1.29 is 23.8 Å². The average molecular weight is 266 g/mol. The lowest BCUT2D eigenvalue weighted by molar-refractivity contribution is -0.141. The Morgan fingerprint density at radius 1 is 1.11 bits per heavy atom. The molecule has 0 saturated carbocycles. The van der Waals surface area contributed by atoms with Crippen LogP contribution in [0.5, 0.6) is 11.5 Å². The summed E-state index contributed by atoms with van der Waals surface area (Å²) in [5.74, 6) is 0.443. The molecule has 0 N–H and O–H groups in total. The third-order valence-corrected chi connectivity index (χ3v) is 2.51. The molecule has 0 amide bonds. The van der Waals surface area contributed by atoms with Gasteiger partial charge in [0.25, 0.3) is 0 Å². The molecule has 19 heavy (non-hydrogen) atoms. The fourth-order valence-corrected chi connectivity index (χ4v) is 1.67. The highest BCUT2D eigenvalue weighted by Gasteiger charge is 2.11. The Morgan fingerprint density at radius 2 is 1.79 bits per heavy atom. The molecular formula is C14H18O5. The molecule has 0 aromatic heterocycles. The smallest absolute Gasteiger partial charge is 0.308 e. The normalized spacial score (nSPS) is 9.89. The van der Waals surface area contributed by atoms with Gasteiger partial charge in [-0.25, -0.2) is 0 Å². The molecule has 104 valence electrons. The lowest BCUT2D eigenvalue weighted by Crippen LogP contribution is -2.08. The third kappa shape index (κ3) is 4.62. The zero-order chi connectivity index (χ0) is 14.4. The summed E-state index contributed by atoms with van der Waals surface area (Å²) in [6.45, 7) is 4.79. The number of hydrogen-bond acceptors (Lipinski definition) is 5. The maximum Gasteiger partial charge on any atom is 0.308 e. The van der Waals surface area contributed by atoms with Crippen molar-refractivity contribution >= 4 is 11.9 Å². The fourth-order valence-electron chi connectivity index (χ4n) is 1.67. The molecular weight excluding hydrogens is 248 g/mol. The van der Waals surface area contributed by atoms with Gasteiger partial charge in [-0.15, -0.1) is 0 Å². The fraction of sp³-hybridized carbons (Fsp3) is 0.429. The molecule has 5 heteroatoms. The van der Waals surface area contributed by atoms with E-state index in [1.807, 2.05) is 6.92 Å². The predicted octanol–water partition coefficient (Wildman–Crippen LogP) is 2.03. The molecule has 0 heterocycles. The van der Waals surface area contributed by atoms with Gasteiger partial charge in [0.05, 0.1) is 13.7 Å². The Hall–Kier alpha value is -2.04. The largest absolute Gasteiger partial charge is 0.496 e. The van der Waals surface area contributed by atoms with Crippen molar-refractivity contribution in [2.24, 2.45) is 0 Å². The summed E-state index contributed by atoms with van der Waals surface area (Å²) in [6.07, 6.45) is 0.457. The Labute approximate surface area is 112 Å². The second-order valence-corrected chi connectivity index (χ2v) is 4.11. The summed E-state index contributed by atoms with van der Waals surface area (Å²) in [4.78, 5) is 21.8. The highest BCUT2D eigenvalue weighted by molar-refractivity contribution is 5.70. The van der Waals surface area contributed by atoms with Crippen LogP contribution in [0, 0.1) is 6.92 Å². The van der Waals surface area contributed by atoms with E-state index < -0.39 is 5.97 Å². The first-order valence-electron chi connectivity index (χ1n) is 5.93. The summed E-state index contributed by atoms with van der Waals surface area (Å²) in [6, 6.07) is 3.53. The summed E-state index contributed by atoms with van der Waals surface area (Å²) in [5, 5.41) is 0. The van der Waals surface area contributed by atoms with Gasteiger partial charge < -0.3 is 14.2 Å². The van der Waals surface area contributed by atoms with E-state index in [4.69, 9.17) is 14.2 Å². The van der Waals surface area contributed by atoms with Gasteiger partial charge in [0, 0.05) is 25.8 Å². The second kappa shape index (κ2) is 6.78. The van der Waals surface area contributed by atoms with Gasteiger partial charge >= 0.3 is 11.9 Å². The maximum atomic E-state index is 11.1. The zero-order valence-electron chi connectivity index (χ0n) is 11.6. The van der Waals surface area contributed by atoms with Crippen LogP contribution in [0.25, 0.3) is 0 Å². The standard InChI is InChI=1S/C14H18O5/c1-9-7-14(19-11(3)16)12(8-13(9)17-4)5-6-18-10(2)15/h7-8H,5-6H2,1-4H3. The molecule has 0 bridgehead atoms. The van der Waals surface area contributed by atoms with Crippen LogP contribution < -0.4 is 9.47 Å². The number of methoxy groups -OCH3 is 1. The van der Waals surface area contributed by atoms with Crippen molar-refractivity contribution in [1.82, 2.24) is 0 Å². The SMILES string of the molecule is COc1cc(CCOC(C)=O)c(OC(C)=O)cc1C. The van der Waals surface area contributed by atoms with Gasteiger partial charge in [0.2, 0.25) is 0 Å². The van der Waals surface area contributed by atoms with Gasteiger partial charge in [-0.3, -0.25) is 9.59 Å². The Kier molecular flexibility index (Phi) is 5.36. The Bertz CT molecular complexity index is 479. The number of hydrogen-bond donors (Lipinski definition) is 0. The van der Waals surface area contributed by atoms with E-state index in [0.29, 0.717) is 17.9 Å². The molecule has 0 fully saturated rings. The van der Waals surface area contributed by atoms with E-state index >= 15 is 0 Å². The van der Waals surface area contributed by atoms with Gasteiger partial charge in [-0.05, 0) is 24.6 Å². The maximum absolute atomic E-state index is 11.1. The molecule has 5 nitrogen and oxygen atoms in total. The molecule has 1 rings (SSSR count). The zero-order valence-corrected chi connectivity index (χ0v) is 11.6. The number of benzene rings is 1. The third-order valence-electron chi connectivity index (χ3n) is 2.51. The molecule has 0 spiro atoms. The minimum absolute atomic E-state index is 0.232. The van der Waals surface area contributed by atoms with Crippen molar-refractivity contribution in [3.8, 4) is 11.5 Å². The average Bonchev–Trinajstić information content (AvgIpc) is 2.30. The molecule has 0 saturated heterocycles. The van der Waals surface area contributed by atoms with Crippen molar-refractivity contribution in [3.63, 3.8) is 0 Å². The predicted molar refractivity (Wildman–Crippen MR) is 69.4 cm³/mol. The molecule has 0 radical (unpaired) electrons. The van der Waals surface area contributed by atoms with Crippen molar-refractivity contribution in [2.45, 2.75) is 27.2 Å². The molecule has 0 aliphatic carbocycles. The minimum atomic E-state index is -0.390. The number of ether oxygens (including phenoxy) is 3. The van der Waals surface area contributed by atoms with Crippen LogP contribution in [0.2, 0.25) is 0 Å². The number of carbonyl (C=O) groups excluding carboxylic acids is 2. The van der Waals surface area contributed by atoms with Crippen molar-refractivity contribution in [2.75, 3.05) is 13.7 Å². The van der Waals surface area contributed by atoms with Crippen LogP contribution in [0.15, 0.2) is 12.1 Å². The Balaban J connectivity index is 2.95. The van der Waals surface area contributed by atoms with Gasteiger partial charge in [0.15, 0.2) is 0 Å². The first-order valence-corrected chi connectivity index (χ1v) is 5.93. The lowest BCUT2D eigenvalue weighted by atomic mass is 10.1.